The highest BCUT2D eigenvalue weighted by atomic mass is 35.7. The predicted molar refractivity (Wildman–Crippen MR) is 84.2 cm³/mol. The highest BCUT2D eigenvalue weighted by Crippen LogP contribution is 2.38. The number of hydrogen-bond acceptors (Lipinski definition) is 3. The molecule has 0 spiro atoms. The van der Waals surface area contributed by atoms with Gasteiger partial charge in [0.05, 0.1) is 20.6 Å². The van der Waals surface area contributed by atoms with Gasteiger partial charge in [0.25, 0.3) is 15.0 Å². The van der Waals surface area contributed by atoms with Crippen molar-refractivity contribution >= 4 is 60.4 Å². The SMILES string of the molecule is CC1CC(NC(=O)c2c(Cl)c(Cl)cc(S(=O)(=O)Cl)c2Cl)C1. The van der Waals surface area contributed by atoms with Gasteiger partial charge in [0.15, 0.2) is 0 Å². The maximum Gasteiger partial charge on any atom is 0.262 e. The van der Waals surface area contributed by atoms with E-state index in [0.717, 1.165) is 18.9 Å². The third-order valence-corrected chi connectivity index (χ3v) is 5.96. The van der Waals surface area contributed by atoms with Gasteiger partial charge in [-0.15, -0.1) is 0 Å². The van der Waals surface area contributed by atoms with Crippen LogP contribution in [0.2, 0.25) is 15.1 Å². The quantitative estimate of drug-likeness (QED) is 0.624. The fraction of sp³-hybridized carbons (Fsp3) is 0.417. The highest BCUT2D eigenvalue weighted by Gasteiger charge is 2.30. The van der Waals surface area contributed by atoms with E-state index in [-0.39, 0.29) is 26.7 Å². The molecule has 0 aliphatic heterocycles. The summed E-state index contributed by atoms with van der Waals surface area (Å²) >= 11 is 17.8. The zero-order valence-electron chi connectivity index (χ0n) is 10.8. The van der Waals surface area contributed by atoms with Crippen LogP contribution in [0.5, 0.6) is 0 Å². The van der Waals surface area contributed by atoms with Crippen molar-refractivity contribution in [3.63, 3.8) is 0 Å². The summed E-state index contributed by atoms with van der Waals surface area (Å²) < 4.78 is 22.9. The first kappa shape index (κ1) is 17.2. The average Bonchev–Trinajstić information content (AvgIpc) is 2.30. The van der Waals surface area contributed by atoms with Crippen LogP contribution in [0.25, 0.3) is 0 Å². The van der Waals surface area contributed by atoms with Gasteiger partial charge in [0.2, 0.25) is 0 Å². The van der Waals surface area contributed by atoms with E-state index in [1.165, 1.54) is 0 Å². The van der Waals surface area contributed by atoms with Crippen molar-refractivity contribution in [1.82, 2.24) is 5.32 Å². The summed E-state index contributed by atoms with van der Waals surface area (Å²) in [5.74, 6) is -0.0228. The van der Waals surface area contributed by atoms with Crippen molar-refractivity contribution in [3.05, 3.63) is 26.7 Å². The second-order valence-electron chi connectivity index (χ2n) is 5.04. The number of amides is 1. The fourth-order valence-electron chi connectivity index (χ4n) is 2.24. The van der Waals surface area contributed by atoms with Crippen LogP contribution in [-0.4, -0.2) is 20.4 Å². The maximum atomic E-state index is 12.3. The number of halogens is 4. The first-order chi connectivity index (χ1) is 9.61. The van der Waals surface area contributed by atoms with Crippen LogP contribution in [0.1, 0.15) is 30.1 Å². The molecule has 0 aromatic heterocycles. The summed E-state index contributed by atoms with van der Waals surface area (Å²) in [7, 11) is 1.14. The van der Waals surface area contributed by atoms with Crippen molar-refractivity contribution in [3.8, 4) is 0 Å². The van der Waals surface area contributed by atoms with E-state index in [4.69, 9.17) is 45.5 Å². The molecule has 0 bridgehead atoms. The largest absolute Gasteiger partial charge is 0.349 e. The van der Waals surface area contributed by atoms with Gasteiger partial charge in [-0.3, -0.25) is 4.79 Å². The summed E-state index contributed by atoms with van der Waals surface area (Å²) in [6, 6.07) is 1.05. The first-order valence-electron chi connectivity index (χ1n) is 6.04. The Morgan fingerprint density at radius 2 is 1.81 bits per heavy atom. The molecule has 116 valence electrons. The van der Waals surface area contributed by atoms with Crippen molar-refractivity contribution < 1.29 is 13.2 Å². The number of nitrogens with one attached hydrogen (secondary N) is 1. The lowest BCUT2D eigenvalue weighted by Gasteiger charge is -2.33. The lowest BCUT2D eigenvalue weighted by Crippen LogP contribution is -2.43. The zero-order chi connectivity index (χ0) is 15.9. The van der Waals surface area contributed by atoms with Gasteiger partial charge in [-0.2, -0.15) is 0 Å². The summed E-state index contributed by atoms with van der Waals surface area (Å²) in [6.07, 6.45) is 1.70. The van der Waals surface area contributed by atoms with Gasteiger partial charge in [-0.1, -0.05) is 41.7 Å². The Bertz CT molecular complexity index is 699. The summed E-state index contributed by atoms with van der Waals surface area (Å²) in [5.41, 5.74) is -0.176. The minimum Gasteiger partial charge on any atom is -0.349 e. The third-order valence-electron chi connectivity index (χ3n) is 3.32. The van der Waals surface area contributed by atoms with Crippen LogP contribution < -0.4 is 5.32 Å². The first-order valence-corrected chi connectivity index (χ1v) is 9.48. The van der Waals surface area contributed by atoms with Gasteiger partial charge < -0.3 is 5.32 Å². The molecule has 1 fully saturated rings. The molecule has 4 nitrogen and oxygen atoms in total. The molecule has 1 aromatic rings. The van der Waals surface area contributed by atoms with Gasteiger partial charge in [0, 0.05) is 16.7 Å². The van der Waals surface area contributed by atoms with Crippen LogP contribution in [0.4, 0.5) is 0 Å². The van der Waals surface area contributed by atoms with E-state index in [1.807, 2.05) is 0 Å². The topological polar surface area (TPSA) is 63.2 Å². The fourth-order valence-corrected chi connectivity index (χ4v) is 4.38. The second-order valence-corrected chi connectivity index (χ2v) is 8.74. The molecule has 1 N–H and O–H groups in total. The van der Waals surface area contributed by atoms with Gasteiger partial charge in [-0.25, -0.2) is 8.42 Å². The van der Waals surface area contributed by atoms with Crippen molar-refractivity contribution in [2.24, 2.45) is 5.92 Å². The average molecular weight is 391 g/mol. The van der Waals surface area contributed by atoms with Gasteiger partial charge in [0.1, 0.15) is 4.90 Å². The molecule has 1 aliphatic rings. The number of hydrogen-bond donors (Lipinski definition) is 1. The molecule has 21 heavy (non-hydrogen) atoms. The van der Waals surface area contributed by atoms with E-state index >= 15 is 0 Å². The van der Waals surface area contributed by atoms with Crippen molar-refractivity contribution in [2.75, 3.05) is 0 Å². The Hall–Kier alpha value is -0.200. The highest BCUT2D eigenvalue weighted by molar-refractivity contribution is 8.13. The minimum absolute atomic E-state index is 0.0228. The Labute approximate surface area is 142 Å². The summed E-state index contributed by atoms with van der Waals surface area (Å²) in [6.45, 7) is 2.07. The monoisotopic (exact) mass is 389 g/mol. The van der Waals surface area contributed by atoms with Crippen LogP contribution in [-0.2, 0) is 9.05 Å². The molecular formula is C12H11Cl4NO3S. The Morgan fingerprint density at radius 1 is 1.24 bits per heavy atom. The lowest BCUT2D eigenvalue weighted by molar-refractivity contribution is 0.0896. The van der Waals surface area contributed by atoms with Crippen LogP contribution in [0.3, 0.4) is 0 Å². The number of carbonyl (C=O) groups is 1. The smallest absolute Gasteiger partial charge is 0.262 e. The molecule has 0 atom stereocenters. The molecule has 1 aliphatic carbocycles. The summed E-state index contributed by atoms with van der Waals surface area (Å²) in [5, 5.41) is 2.21. The minimum atomic E-state index is -4.14. The number of carbonyl (C=O) groups excluding carboxylic acids is 1. The Kier molecular flexibility index (Phi) is 5.01. The van der Waals surface area contributed by atoms with Gasteiger partial charge in [-0.05, 0) is 24.8 Å². The number of rotatable bonds is 3. The Balaban J connectivity index is 2.42. The van der Waals surface area contributed by atoms with Crippen LogP contribution in [0, 0.1) is 5.92 Å². The molecule has 0 saturated heterocycles. The number of benzene rings is 1. The molecule has 0 radical (unpaired) electrons. The molecule has 1 saturated carbocycles. The molecular weight excluding hydrogens is 380 g/mol. The van der Waals surface area contributed by atoms with Crippen molar-refractivity contribution in [1.29, 1.82) is 0 Å². The van der Waals surface area contributed by atoms with E-state index in [0.29, 0.717) is 5.92 Å². The maximum absolute atomic E-state index is 12.3. The molecule has 1 amide bonds. The Morgan fingerprint density at radius 3 is 2.29 bits per heavy atom. The van der Waals surface area contributed by atoms with Gasteiger partial charge >= 0.3 is 0 Å². The zero-order valence-corrected chi connectivity index (χ0v) is 14.6. The predicted octanol–water partition coefficient (Wildman–Crippen LogP) is 4.10. The normalized spacial score (nSPS) is 21.8. The lowest BCUT2D eigenvalue weighted by atomic mass is 9.82. The van der Waals surface area contributed by atoms with Crippen molar-refractivity contribution in [2.45, 2.75) is 30.7 Å². The molecule has 0 unspecified atom stereocenters. The molecule has 0 heterocycles. The standard InChI is InChI=1S/C12H11Cl4NO3S/c1-5-2-6(3-5)17-12(18)9-10(14)7(13)4-8(11(9)15)21(16,19)20/h4-6H,2-3H2,1H3,(H,17,18). The van der Waals surface area contributed by atoms with E-state index in [9.17, 15) is 13.2 Å². The molecule has 1 aromatic carbocycles. The second kappa shape index (κ2) is 6.13. The summed E-state index contributed by atoms with van der Waals surface area (Å²) in [4.78, 5) is 11.8. The van der Waals surface area contributed by atoms with E-state index < -0.39 is 19.9 Å². The van der Waals surface area contributed by atoms with Crippen LogP contribution in [0.15, 0.2) is 11.0 Å². The van der Waals surface area contributed by atoms with E-state index in [2.05, 4.69) is 12.2 Å². The van der Waals surface area contributed by atoms with E-state index in [1.54, 1.807) is 0 Å². The third kappa shape index (κ3) is 3.59. The molecule has 9 heteroatoms. The van der Waals surface area contributed by atoms with Crippen LogP contribution >= 0.6 is 45.5 Å². The molecule has 2 rings (SSSR count).